The second kappa shape index (κ2) is 6.00. The van der Waals surface area contributed by atoms with Gasteiger partial charge in [0, 0.05) is 4.47 Å². The summed E-state index contributed by atoms with van der Waals surface area (Å²) in [5.74, 6) is -0.828. The number of benzene rings is 2. The Hall–Kier alpha value is -1.02. The average molecular weight is 414 g/mol. The SMILES string of the molecule is Nc1ccc(S(=O)(=O)Nc2c(Cl)cc(Br)cc2Cl)cc1F. The van der Waals surface area contributed by atoms with E-state index in [1.807, 2.05) is 0 Å². The Labute approximate surface area is 139 Å². The molecule has 0 spiro atoms. The van der Waals surface area contributed by atoms with Crippen LogP contribution in [0.3, 0.4) is 0 Å². The van der Waals surface area contributed by atoms with E-state index in [-0.39, 0.29) is 26.3 Å². The third kappa shape index (κ3) is 3.60. The van der Waals surface area contributed by atoms with Crippen LogP contribution < -0.4 is 10.5 Å². The van der Waals surface area contributed by atoms with E-state index in [0.717, 1.165) is 12.1 Å². The molecular formula is C12H8BrCl2FN2O2S. The Bertz CT molecular complexity index is 792. The summed E-state index contributed by atoms with van der Waals surface area (Å²) in [4.78, 5) is -0.288. The first-order chi connectivity index (χ1) is 9.70. The van der Waals surface area contributed by atoms with Crippen LogP contribution in [0.5, 0.6) is 0 Å². The number of anilines is 2. The van der Waals surface area contributed by atoms with E-state index in [4.69, 9.17) is 28.9 Å². The summed E-state index contributed by atoms with van der Waals surface area (Å²) in [5.41, 5.74) is 5.18. The molecule has 0 radical (unpaired) electrons. The van der Waals surface area contributed by atoms with Crippen molar-refractivity contribution < 1.29 is 12.8 Å². The monoisotopic (exact) mass is 412 g/mol. The molecule has 0 saturated heterocycles. The van der Waals surface area contributed by atoms with Crippen LogP contribution in [-0.2, 0) is 10.0 Å². The molecule has 0 saturated carbocycles. The molecule has 0 heterocycles. The lowest BCUT2D eigenvalue weighted by atomic mass is 10.3. The predicted molar refractivity (Wildman–Crippen MR) is 85.8 cm³/mol. The van der Waals surface area contributed by atoms with Crippen LogP contribution in [0.4, 0.5) is 15.8 Å². The number of nitrogen functional groups attached to an aromatic ring is 1. The molecule has 0 aliphatic carbocycles. The van der Waals surface area contributed by atoms with Crippen LogP contribution in [0.1, 0.15) is 0 Å². The topological polar surface area (TPSA) is 72.2 Å². The van der Waals surface area contributed by atoms with Crippen LogP contribution in [0.25, 0.3) is 0 Å². The van der Waals surface area contributed by atoms with Crippen LogP contribution in [0, 0.1) is 5.82 Å². The molecule has 0 bridgehead atoms. The van der Waals surface area contributed by atoms with E-state index in [1.165, 1.54) is 18.2 Å². The number of sulfonamides is 1. The van der Waals surface area contributed by atoms with Gasteiger partial charge in [-0.2, -0.15) is 0 Å². The van der Waals surface area contributed by atoms with Gasteiger partial charge in [0.05, 0.1) is 26.3 Å². The molecule has 2 aromatic rings. The highest BCUT2D eigenvalue weighted by Gasteiger charge is 2.19. The zero-order valence-corrected chi connectivity index (χ0v) is 14.1. The van der Waals surface area contributed by atoms with Gasteiger partial charge in [0.1, 0.15) is 5.82 Å². The van der Waals surface area contributed by atoms with Gasteiger partial charge >= 0.3 is 0 Å². The highest BCUT2D eigenvalue weighted by atomic mass is 79.9. The Balaban J connectivity index is 2.44. The molecule has 2 aromatic carbocycles. The normalized spacial score (nSPS) is 11.4. The minimum atomic E-state index is -4.04. The largest absolute Gasteiger partial charge is 0.396 e. The van der Waals surface area contributed by atoms with Crippen molar-refractivity contribution in [3.8, 4) is 0 Å². The predicted octanol–water partition coefficient (Wildman–Crippen LogP) is 4.28. The molecular weight excluding hydrogens is 406 g/mol. The third-order valence-electron chi connectivity index (χ3n) is 2.53. The van der Waals surface area contributed by atoms with Gasteiger partial charge in [-0.05, 0) is 30.3 Å². The molecule has 9 heteroatoms. The van der Waals surface area contributed by atoms with Gasteiger partial charge < -0.3 is 5.73 Å². The maximum Gasteiger partial charge on any atom is 0.262 e. The van der Waals surface area contributed by atoms with Crippen molar-refractivity contribution in [2.24, 2.45) is 0 Å². The zero-order chi connectivity index (χ0) is 15.8. The molecule has 0 amide bonds. The van der Waals surface area contributed by atoms with E-state index in [2.05, 4.69) is 20.7 Å². The summed E-state index contributed by atoms with van der Waals surface area (Å²) in [7, 11) is -4.04. The van der Waals surface area contributed by atoms with Crippen molar-refractivity contribution in [3.63, 3.8) is 0 Å². The molecule has 0 unspecified atom stereocenters. The number of rotatable bonds is 3. The molecule has 0 aliphatic rings. The van der Waals surface area contributed by atoms with Gasteiger partial charge in [0.15, 0.2) is 0 Å². The quantitative estimate of drug-likeness (QED) is 0.737. The van der Waals surface area contributed by atoms with E-state index < -0.39 is 15.8 Å². The van der Waals surface area contributed by atoms with E-state index in [1.54, 1.807) is 0 Å². The Kier molecular flexibility index (Phi) is 4.67. The standard InChI is InChI=1S/C12H8BrCl2FN2O2S/c13-6-3-8(14)12(9(15)4-6)18-21(19,20)7-1-2-11(17)10(16)5-7/h1-5,18H,17H2. The van der Waals surface area contributed by atoms with Gasteiger partial charge in [0.2, 0.25) is 0 Å². The highest BCUT2D eigenvalue weighted by Crippen LogP contribution is 2.35. The molecule has 0 aliphatic heterocycles. The summed E-state index contributed by atoms with van der Waals surface area (Å²) in [6.45, 7) is 0. The molecule has 4 nitrogen and oxygen atoms in total. The van der Waals surface area contributed by atoms with Crippen LogP contribution in [-0.4, -0.2) is 8.42 Å². The maximum absolute atomic E-state index is 13.4. The Morgan fingerprint density at radius 3 is 2.24 bits per heavy atom. The maximum atomic E-state index is 13.4. The van der Waals surface area contributed by atoms with Crippen molar-refractivity contribution in [2.45, 2.75) is 4.90 Å². The van der Waals surface area contributed by atoms with E-state index >= 15 is 0 Å². The van der Waals surface area contributed by atoms with Gasteiger partial charge in [-0.15, -0.1) is 0 Å². The van der Waals surface area contributed by atoms with Gasteiger partial charge in [-0.3, -0.25) is 4.72 Å². The van der Waals surface area contributed by atoms with Crippen LogP contribution in [0.15, 0.2) is 39.7 Å². The van der Waals surface area contributed by atoms with E-state index in [9.17, 15) is 12.8 Å². The van der Waals surface area contributed by atoms with Crippen LogP contribution in [0.2, 0.25) is 10.0 Å². The summed E-state index contributed by atoms with van der Waals surface area (Å²) in [5, 5.41) is 0.211. The third-order valence-corrected chi connectivity index (χ3v) is 4.93. The number of hydrogen-bond donors (Lipinski definition) is 2. The number of nitrogens with two attached hydrogens (primary N) is 1. The molecule has 0 atom stereocenters. The van der Waals surface area contributed by atoms with Crippen molar-refractivity contribution >= 4 is 60.5 Å². The van der Waals surface area contributed by atoms with Gasteiger partial charge in [0.25, 0.3) is 10.0 Å². The van der Waals surface area contributed by atoms with Crippen LogP contribution >= 0.6 is 39.1 Å². The number of nitrogens with one attached hydrogen (secondary N) is 1. The smallest absolute Gasteiger partial charge is 0.262 e. The van der Waals surface area contributed by atoms with Crippen molar-refractivity contribution in [1.29, 1.82) is 0 Å². The Morgan fingerprint density at radius 1 is 1.14 bits per heavy atom. The summed E-state index contributed by atoms with van der Waals surface area (Å²) >= 11 is 15.1. The zero-order valence-electron chi connectivity index (χ0n) is 10.2. The molecule has 3 N–H and O–H groups in total. The molecule has 2 rings (SSSR count). The summed E-state index contributed by atoms with van der Waals surface area (Å²) < 4.78 is 40.6. The van der Waals surface area contributed by atoms with E-state index in [0.29, 0.717) is 4.47 Å². The molecule has 0 aromatic heterocycles. The lowest BCUT2D eigenvalue weighted by Crippen LogP contribution is -2.14. The van der Waals surface area contributed by atoms with Crippen molar-refractivity contribution in [3.05, 3.63) is 50.7 Å². The van der Waals surface area contributed by atoms with Gasteiger partial charge in [-0.1, -0.05) is 39.1 Å². The first-order valence-electron chi connectivity index (χ1n) is 5.43. The summed E-state index contributed by atoms with van der Waals surface area (Å²) in [6.07, 6.45) is 0. The minimum absolute atomic E-state index is 0.0127. The first-order valence-corrected chi connectivity index (χ1v) is 8.46. The fourth-order valence-electron chi connectivity index (χ4n) is 1.51. The molecule has 0 fully saturated rings. The van der Waals surface area contributed by atoms with Crippen molar-refractivity contribution in [1.82, 2.24) is 0 Å². The number of hydrogen-bond acceptors (Lipinski definition) is 3. The minimum Gasteiger partial charge on any atom is -0.396 e. The first kappa shape index (κ1) is 16.4. The lowest BCUT2D eigenvalue weighted by Gasteiger charge is -2.12. The number of halogens is 4. The van der Waals surface area contributed by atoms with Gasteiger partial charge in [-0.25, -0.2) is 12.8 Å². The molecule has 21 heavy (non-hydrogen) atoms. The second-order valence-electron chi connectivity index (χ2n) is 4.03. The second-order valence-corrected chi connectivity index (χ2v) is 7.45. The Morgan fingerprint density at radius 2 is 1.71 bits per heavy atom. The van der Waals surface area contributed by atoms with Crippen molar-refractivity contribution in [2.75, 3.05) is 10.5 Å². The summed E-state index contributed by atoms with van der Waals surface area (Å²) in [6, 6.07) is 6.12. The average Bonchev–Trinajstić information content (AvgIpc) is 2.37. The molecule has 112 valence electrons. The lowest BCUT2D eigenvalue weighted by molar-refractivity contribution is 0.596. The fraction of sp³-hybridized carbons (Fsp3) is 0. The fourth-order valence-corrected chi connectivity index (χ4v) is 4.04. The highest BCUT2D eigenvalue weighted by molar-refractivity contribution is 9.10.